The molecule has 0 unspecified atom stereocenters. The molecule has 0 radical (unpaired) electrons. The summed E-state index contributed by atoms with van der Waals surface area (Å²) in [6, 6.07) is 9.34. The summed E-state index contributed by atoms with van der Waals surface area (Å²) in [5.41, 5.74) is 5.51. The summed E-state index contributed by atoms with van der Waals surface area (Å²) < 4.78 is 13.2. The molecule has 1 aromatic carbocycles. The Morgan fingerprint density at radius 3 is 2.71 bits per heavy atom. The fourth-order valence-electron chi connectivity index (χ4n) is 1.26. The molecule has 1 amide bonds. The molecule has 0 saturated heterocycles. The van der Waals surface area contributed by atoms with Crippen LogP contribution in [0.3, 0.4) is 0 Å². The molecule has 0 aliphatic rings. The fourth-order valence-corrected chi connectivity index (χ4v) is 1.26. The maximum absolute atomic E-state index is 13.2. The number of halogens is 1. The van der Waals surface area contributed by atoms with Crippen molar-refractivity contribution in [3.05, 3.63) is 60.2 Å². The molecule has 4 nitrogen and oxygen atoms in total. The van der Waals surface area contributed by atoms with Gasteiger partial charge in [-0.15, -0.1) is 0 Å². The van der Waals surface area contributed by atoms with Crippen molar-refractivity contribution in [3.63, 3.8) is 0 Å². The van der Waals surface area contributed by atoms with E-state index in [0.29, 0.717) is 5.56 Å². The second kappa shape index (κ2) is 5.07. The Morgan fingerprint density at radius 2 is 2.00 bits per heavy atom. The van der Waals surface area contributed by atoms with Crippen LogP contribution in [0.15, 0.2) is 48.8 Å². The van der Waals surface area contributed by atoms with E-state index < -0.39 is 5.82 Å². The highest BCUT2D eigenvalue weighted by Crippen LogP contribution is 2.10. The highest BCUT2D eigenvalue weighted by molar-refractivity contribution is 5.94. The summed E-state index contributed by atoms with van der Waals surface area (Å²) in [7, 11) is 0. The molecule has 2 N–H and O–H groups in total. The maximum atomic E-state index is 13.2. The van der Waals surface area contributed by atoms with Gasteiger partial charge in [0, 0.05) is 12.4 Å². The molecule has 0 bridgehead atoms. The summed E-state index contributed by atoms with van der Waals surface area (Å²) in [6.07, 6.45) is 3.00. The number of carbonyl (C=O) groups is 1. The molecule has 17 heavy (non-hydrogen) atoms. The van der Waals surface area contributed by atoms with Crippen LogP contribution in [0.2, 0.25) is 0 Å². The summed E-state index contributed by atoms with van der Waals surface area (Å²) in [5, 5.41) is 0. The summed E-state index contributed by atoms with van der Waals surface area (Å²) in [6.45, 7) is 0. The lowest BCUT2D eigenvalue weighted by atomic mass is 10.3. The Bertz CT molecular complexity index is 516. The van der Waals surface area contributed by atoms with Crippen molar-refractivity contribution in [3.8, 4) is 0 Å². The predicted octanol–water partition coefficient (Wildman–Crippen LogP) is 1.98. The fraction of sp³-hybridized carbons (Fsp3) is 0. The summed E-state index contributed by atoms with van der Waals surface area (Å²) in [5.74, 6) is -0.805. The first-order chi connectivity index (χ1) is 8.27. The molecular formula is C12H10FN3O. The number of benzene rings is 1. The van der Waals surface area contributed by atoms with Crippen molar-refractivity contribution in [2.24, 2.45) is 0 Å². The topological polar surface area (TPSA) is 54.0 Å². The normalized spacial score (nSPS) is 9.71. The van der Waals surface area contributed by atoms with Gasteiger partial charge in [0.2, 0.25) is 0 Å². The molecule has 86 valence electrons. The highest BCUT2D eigenvalue weighted by Gasteiger charge is 2.05. The smallest absolute Gasteiger partial charge is 0.271 e. The Kier molecular flexibility index (Phi) is 3.30. The van der Waals surface area contributed by atoms with Gasteiger partial charge in [-0.3, -0.25) is 20.6 Å². The highest BCUT2D eigenvalue weighted by atomic mass is 19.1. The molecule has 1 aromatic heterocycles. The molecular weight excluding hydrogens is 221 g/mol. The lowest BCUT2D eigenvalue weighted by Crippen LogP contribution is -2.29. The number of nitrogens with zero attached hydrogens (tertiary/aromatic N) is 1. The zero-order valence-corrected chi connectivity index (χ0v) is 8.85. The number of anilines is 1. The van der Waals surface area contributed by atoms with Crippen LogP contribution >= 0.6 is 0 Å². The number of rotatable bonds is 3. The van der Waals surface area contributed by atoms with Gasteiger partial charge in [0.15, 0.2) is 0 Å². The second-order valence-electron chi connectivity index (χ2n) is 3.30. The van der Waals surface area contributed by atoms with E-state index in [0.717, 1.165) is 0 Å². The van der Waals surface area contributed by atoms with Crippen molar-refractivity contribution in [2.75, 3.05) is 5.43 Å². The van der Waals surface area contributed by atoms with Crippen LogP contribution in [0.25, 0.3) is 0 Å². The minimum atomic E-state index is -0.431. The number of nitrogens with one attached hydrogen (secondary N) is 2. The van der Waals surface area contributed by atoms with Crippen LogP contribution in [-0.4, -0.2) is 10.9 Å². The first-order valence-corrected chi connectivity index (χ1v) is 4.98. The van der Waals surface area contributed by atoms with E-state index in [1.807, 2.05) is 0 Å². The van der Waals surface area contributed by atoms with Crippen LogP contribution in [-0.2, 0) is 0 Å². The molecule has 2 rings (SSSR count). The molecule has 0 saturated carbocycles. The number of amides is 1. The zero-order chi connectivity index (χ0) is 12.1. The van der Waals surface area contributed by atoms with Crippen molar-refractivity contribution in [1.82, 2.24) is 10.4 Å². The van der Waals surface area contributed by atoms with E-state index in [1.165, 1.54) is 18.3 Å². The Hall–Kier alpha value is -2.43. The monoisotopic (exact) mass is 231 g/mol. The minimum absolute atomic E-state index is 0.213. The van der Waals surface area contributed by atoms with Gasteiger partial charge in [-0.25, -0.2) is 4.39 Å². The van der Waals surface area contributed by atoms with Crippen molar-refractivity contribution in [2.45, 2.75) is 0 Å². The van der Waals surface area contributed by atoms with E-state index >= 15 is 0 Å². The van der Waals surface area contributed by atoms with Gasteiger partial charge in [0.1, 0.15) is 5.82 Å². The van der Waals surface area contributed by atoms with Gasteiger partial charge in [-0.1, -0.05) is 12.1 Å². The zero-order valence-electron chi connectivity index (χ0n) is 8.85. The van der Waals surface area contributed by atoms with Gasteiger partial charge in [0.05, 0.1) is 11.3 Å². The second-order valence-corrected chi connectivity index (χ2v) is 3.30. The van der Waals surface area contributed by atoms with Crippen molar-refractivity contribution >= 4 is 11.6 Å². The van der Waals surface area contributed by atoms with Crippen molar-refractivity contribution in [1.29, 1.82) is 0 Å². The molecule has 0 aliphatic carbocycles. The number of pyridine rings is 1. The molecule has 0 fully saturated rings. The summed E-state index contributed by atoms with van der Waals surface area (Å²) in [4.78, 5) is 15.4. The largest absolute Gasteiger partial charge is 0.295 e. The van der Waals surface area contributed by atoms with Crippen LogP contribution < -0.4 is 10.9 Å². The van der Waals surface area contributed by atoms with Crippen LogP contribution in [0.4, 0.5) is 10.1 Å². The third kappa shape index (κ3) is 2.78. The molecule has 0 spiro atoms. The number of hydrogen-bond acceptors (Lipinski definition) is 3. The van der Waals surface area contributed by atoms with E-state index in [9.17, 15) is 9.18 Å². The van der Waals surface area contributed by atoms with Gasteiger partial charge >= 0.3 is 0 Å². The standard InChI is InChI=1S/C12H10FN3O/c13-10-5-1-2-6-11(10)15-16-12(17)9-4-3-7-14-8-9/h1-8,15H,(H,16,17). The first kappa shape index (κ1) is 11.1. The van der Waals surface area contributed by atoms with E-state index in [1.54, 1.807) is 30.5 Å². The first-order valence-electron chi connectivity index (χ1n) is 4.98. The molecule has 1 heterocycles. The Morgan fingerprint density at radius 1 is 1.18 bits per heavy atom. The van der Waals surface area contributed by atoms with E-state index in [-0.39, 0.29) is 11.6 Å². The van der Waals surface area contributed by atoms with Crippen molar-refractivity contribution < 1.29 is 9.18 Å². The van der Waals surface area contributed by atoms with E-state index in [4.69, 9.17) is 0 Å². The number of hydrogen-bond donors (Lipinski definition) is 2. The SMILES string of the molecule is O=C(NNc1ccccc1F)c1cccnc1. The predicted molar refractivity (Wildman–Crippen MR) is 61.7 cm³/mol. The van der Waals surface area contributed by atoms with Crippen LogP contribution in [0.1, 0.15) is 10.4 Å². The third-order valence-corrected chi connectivity index (χ3v) is 2.11. The number of para-hydroxylation sites is 1. The van der Waals surface area contributed by atoms with Gasteiger partial charge in [0.25, 0.3) is 5.91 Å². The minimum Gasteiger partial charge on any atom is -0.295 e. The molecule has 0 aliphatic heterocycles. The average Bonchev–Trinajstić information content (AvgIpc) is 2.38. The molecule has 2 aromatic rings. The Labute approximate surface area is 97.5 Å². The van der Waals surface area contributed by atoms with Gasteiger partial charge < -0.3 is 0 Å². The number of hydrazine groups is 1. The van der Waals surface area contributed by atoms with Gasteiger partial charge in [-0.05, 0) is 24.3 Å². The number of aromatic nitrogens is 1. The van der Waals surface area contributed by atoms with Gasteiger partial charge in [-0.2, -0.15) is 0 Å². The quantitative estimate of drug-likeness (QED) is 0.794. The average molecular weight is 231 g/mol. The van der Waals surface area contributed by atoms with E-state index in [2.05, 4.69) is 15.8 Å². The third-order valence-electron chi connectivity index (χ3n) is 2.11. The molecule has 5 heteroatoms. The number of carbonyl (C=O) groups excluding carboxylic acids is 1. The lowest BCUT2D eigenvalue weighted by molar-refractivity contribution is 0.0962. The Balaban J connectivity index is 2.00. The molecule has 0 atom stereocenters. The maximum Gasteiger partial charge on any atom is 0.271 e. The lowest BCUT2D eigenvalue weighted by Gasteiger charge is -2.08. The summed E-state index contributed by atoms with van der Waals surface area (Å²) >= 11 is 0. The van der Waals surface area contributed by atoms with Crippen LogP contribution in [0.5, 0.6) is 0 Å². The van der Waals surface area contributed by atoms with Crippen LogP contribution in [0, 0.1) is 5.82 Å².